The molecule has 0 N–H and O–H groups in total. The van der Waals surface area contributed by atoms with Crippen molar-refractivity contribution < 1.29 is 9.53 Å². The predicted octanol–water partition coefficient (Wildman–Crippen LogP) is 3.66. The molecule has 0 aliphatic carbocycles. The summed E-state index contributed by atoms with van der Waals surface area (Å²) in [6.45, 7) is 11.8. The van der Waals surface area contributed by atoms with E-state index in [0.29, 0.717) is 31.7 Å². The molecule has 2 aliphatic rings. The molecule has 1 amide bonds. The molecule has 0 bridgehead atoms. The number of likely N-dealkylation sites (tertiary alicyclic amines) is 1. The number of nitrogens with zero attached hydrogens (tertiary/aromatic N) is 7. The normalized spacial score (nSPS) is 17.9. The maximum absolute atomic E-state index is 12.0. The fourth-order valence-electron chi connectivity index (χ4n) is 5.14. The van der Waals surface area contributed by atoms with Crippen LogP contribution in [0.3, 0.4) is 0 Å². The molecule has 2 aliphatic heterocycles. The summed E-state index contributed by atoms with van der Waals surface area (Å²) in [6, 6.07) is 4.80. The molecule has 3 aromatic rings. The minimum atomic E-state index is -0.231. The Balaban J connectivity index is 1.29. The lowest BCUT2D eigenvalue weighted by atomic mass is 9.95. The number of amides is 1. The summed E-state index contributed by atoms with van der Waals surface area (Å²) in [5.74, 6) is 1.40. The van der Waals surface area contributed by atoms with Crippen LogP contribution < -0.4 is 4.90 Å². The maximum Gasteiger partial charge on any atom is 0.409 e. The first kappa shape index (κ1) is 23.5. The van der Waals surface area contributed by atoms with E-state index in [9.17, 15) is 4.79 Å². The Labute approximate surface area is 206 Å². The summed E-state index contributed by atoms with van der Waals surface area (Å²) >= 11 is 0. The molecule has 0 unspecified atom stereocenters. The van der Waals surface area contributed by atoms with Gasteiger partial charge in [-0.25, -0.2) is 19.3 Å². The quantitative estimate of drug-likeness (QED) is 0.555. The van der Waals surface area contributed by atoms with Crippen LogP contribution in [0.1, 0.15) is 45.4 Å². The second-order valence-electron chi connectivity index (χ2n) is 9.68. The summed E-state index contributed by atoms with van der Waals surface area (Å²) < 4.78 is 7.06. The van der Waals surface area contributed by atoms with Gasteiger partial charge in [-0.3, -0.25) is 0 Å². The van der Waals surface area contributed by atoms with Crippen LogP contribution in [0, 0.1) is 0 Å². The summed E-state index contributed by atoms with van der Waals surface area (Å²) in [5.41, 5.74) is 4.20. The lowest BCUT2D eigenvalue weighted by molar-refractivity contribution is 0.105. The van der Waals surface area contributed by atoms with Crippen molar-refractivity contribution in [2.45, 2.75) is 45.6 Å². The zero-order valence-corrected chi connectivity index (χ0v) is 20.9. The zero-order chi connectivity index (χ0) is 24.4. The first-order valence-corrected chi connectivity index (χ1v) is 12.7. The maximum atomic E-state index is 12.0. The zero-order valence-electron chi connectivity index (χ0n) is 20.9. The predicted molar refractivity (Wildman–Crippen MR) is 136 cm³/mol. The van der Waals surface area contributed by atoms with E-state index in [1.165, 1.54) is 0 Å². The molecule has 9 heteroatoms. The molecule has 0 radical (unpaired) electrons. The van der Waals surface area contributed by atoms with Gasteiger partial charge in [0, 0.05) is 74.1 Å². The lowest BCUT2D eigenvalue weighted by Crippen LogP contribution is -2.49. The number of carbonyl (C=O) groups is 1. The number of aromatic nitrogens is 4. The molecular weight excluding hydrogens is 442 g/mol. The summed E-state index contributed by atoms with van der Waals surface area (Å²) in [7, 11) is 0. The topological polar surface area (TPSA) is 79.1 Å². The Morgan fingerprint density at radius 1 is 1.06 bits per heavy atom. The van der Waals surface area contributed by atoms with E-state index in [-0.39, 0.29) is 6.09 Å². The van der Waals surface area contributed by atoms with Crippen LogP contribution in [0.15, 0.2) is 36.9 Å². The molecule has 3 aromatic heterocycles. The standard InChI is InChI=1S/C26H35N7O2/c1-4-35-26(34)32-13-11-31(12-14-32)23-5-8-29-33-18-21(15-24(23)33)22-16-27-25(28-17-22)20-6-9-30(10-7-20)19(2)3/h5,8,15-20H,4,6-7,9-14H2,1-3H3. The van der Waals surface area contributed by atoms with E-state index in [1.54, 1.807) is 4.90 Å². The Bertz CT molecular complexity index is 1140. The number of anilines is 1. The molecule has 186 valence electrons. The first-order valence-electron chi connectivity index (χ1n) is 12.7. The minimum Gasteiger partial charge on any atom is -0.450 e. The Hall–Kier alpha value is -3.20. The van der Waals surface area contributed by atoms with Crippen molar-refractivity contribution in [2.75, 3.05) is 50.8 Å². The highest BCUT2D eigenvalue weighted by molar-refractivity contribution is 5.79. The molecule has 35 heavy (non-hydrogen) atoms. The second-order valence-corrected chi connectivity index (χ2v) is 9.68. The van der Waals surface area contributed by atoms with Crippen molar-refractivity contribution >= 4 is 17.3 Å². The van der Waals surface area contributed by atoms with Crippen molar-refractivity contribution in [2.24, 2.45) is 0 Å². The number of carbonyl (C=O) groups excluding carboxylic acids is 1. The van der Waals surface area contributed by atoms with Gasteiger partial charge in [-0.05, 0) is 58.8 Å². The average Bonchev–Trinajstić information content (AvgIpc) is 3.34. The Morgan fingerprint density at radius 3 is 2.43 bits per heavy atom. The monoisotopic (exact) mass is 477 g/mol. The van der Waals surface area contributed by atoms with E-state index in [1.807, 2.05) is 42.3 Å². The number of fused-ring (bicyclic) bond motifs is 1. The highest BCUT2D eigenvalue weighted by Crippen LogP contribution is 2.30. The van der Waals surface area contributed by atoms with Gasteiger partial charge in [-0.15, -0.1) is 0 Å². The molecule has 2 fully saturated rings. The minimum absolute atomic E-state index is 0.231. The number of hydrogen-bond donors (Lipinski definition) is 0. The molecule has 5 heterocycles. The van der Waals surface area contributed by atoms with E-state index < -0.39 is 0 Å². The van der Waals surface area contributed by atoms with Crippen LogP contribution >= 0.6 is 0 Å². The Morgan fingerprint density at radius 2 is 1.77 bits per heavy atom. The van der Waals surface area contributed by atoms with Gasteiger partial charge < -0.3 is 19.4 Å². The summed E-state index contributed by atoms with van der Waals surface area (Å²) in [4.78, 5) is 28.1. The highest BCUT2D eigenvalue weighted by Gasteiger charge is 2.25. The lowest BCUT2D eigenvalue weighted by Gasteiger charge is -2.35. The molecule has 0 saturated carbocycles. The Kier molecular flexibility index (Phi) is 6.86. The van der Waals surface area contributed by atoms with Gasteiger partial charge in [-0.2, -0.15) is 5.10 Å². The van der Waals surface area contributed by atoms with Crippen LogP contribution in [-0.4, -0.2) is 87.4 Å². The van der Waals surface area contributed by atoms with Crippen molar-refractivity contribution in [1.29, 1.82) is 0 Å². The van der Waals surface area contributed by atoms with E-state index in [4.69, 9.17) is 14.7 Å². The molecule has 0 aromatic carbocycles. The fraction of sp³-hybridized carbons (Fsp3) is 0.538. The smallest absolute Gasteiger partial charge is 0.409 e. The molecule has 5 rings (SSSR count). The third-order valence-electron chi connectivity index (χ3n) is 7.26. The number of rotatable bonds is 5. The molecule has 2 saturated heterocycles. The number of hydrogen-bond acceptors (Lipinski definition) is 7. The van der Waals surface area contributed by atoms with Gasteiger partial charge in [0.2, 0.25) is 0 Å². The van der Waals surface area contributed by atoms with Crippen LogP contribution in [0.5, 0.6) is 0 Å². The van der Waals surface area contributed by atoms with Gasteiger partial charge in [0.1, 0.15) is 5.82 Å². The SMILES string of the molecule is CCOC(=O)N1CCN(c2ccnn3cc(-c4cnc(C5CCN(C(C)C)CC5)nc4)cc23)CC1. The van der Waals surface area contributed by atoms with Crippen LogP contribution in [0.25, 0.3) is 16.6 Å². The van der Waals surface area contributed by atoms with Crippen molar-refractivity contribution in [3.05, 3.63) is 42.7 Å². The van der Waals surface area contributed by atoms with Crippen molar-refractivity contribution in [1.82, 2.24) is 29.4 Å². The molecule has 9 nitrogen and oxygen atoms in total. The van der Waals surface area contributed by atoms with Crippen molar-refractivity contribution in [3.63, 3.8) is 0 Å². The second kappa shape index (κ2) is 10.2. The number of ether oxygens (including phenoxy) is 1. The van der Waals surface area contributed by atoms with Gasteiger partial charge in [-0.1, -0.05) is 0 Å². The highest BCUT2D eigenvalue weighted by atomic mass is 16.6. The fourth-order valence-corrected chi connectivity index (χ4v) is 5.14. The van der Waals surface area contributed by atoms with E-state index in [2.05, 4.69) is 34.8 Å². The summed E-state index contributed by atoms with van der Waals surface area (Å²) in [5, 5.41) is 4.52. The molecular formula is C26H35N7O2. The van der Waals surface area contributed by atoms with Gasteiger partial charge in [0.15, 0.2) is 0 Å². The number of piperidine rings is 1. The van der Waals surface area contributed by atoms with Crippen LogP contribution in [-0.2, 0) is 4.74 Å². The van der Waals surface area contributed by atoms with E-state index in [0.717, 1.165) is 67.2 Å². The van der Waals surface area contributed by atoms with Crippen LogP contribution in [0.2, 0.25) is 0 Å². The number of piperazine rings is 1. The van der Waals surface area contributed by atoms with Gasteiger partial charge in [0.05, 0.1) is 17.8 Å². The van der Waals surface area contributed by atoms with Crippen molar-refractivity contribution in [3.8, 4) is 11.1 Å². The average molecular weight is 478 g/mol. The third-order valence-corrected chi connectivity index (χ3v) is 7.26. The third kappa shape index (κ3) is 4.96. The van der Waals surface area contributed by atoms with Gasteiger partial charge >= 0.3 is 6.09 Å². The molecule has 0 spiro atoms. The largest absolute Gasteiger partial charge is 0.450 e. The molecule has 0 atom stereocenters. The van der Waals surface area contributed by atoms with E-state index >= 15 is 0 Å². The first-order chi connectivity index (χ1) is 17.0. The summed E-state index contributed by atoms with van der Waals surface area (Å²) in [6.07, 6.45) is 9.76. The van der Waals surface area contributed by atoms with Crippen LogP contribution in [0.4, 0.5) is 10.5 Å². The van der Waals surface area contributed by atoms with Gasteiger partial charge in [0.25, 0.3) is 0 Å².